The van der Waals surface area contributed by atoms with E-state index in [2.05, 4.69) is 45.3 Å². The summed E-state index contributed by atoms with van der Waals surface area (Å²) in [6.45, 7) is 0.882. The molecule has 4 heteroatoms. The van der Waals surface area contributed by atoms with Crippen LogP contribution in [0.3, 0.4) is 0 Å². The van der Waals surface area contributed by atoms with E-state index in [0.717, 1.165) is 6.67 Å². The summed E-state index contributed by atoms with van der Waals surface area (Å²) in [5.41, 5.74) is 0. The normalized spacial score (nSPS) is 10.1. The SMILES string of the molecule is CNCN(C)c1ccc(Br)s1. The summed E-state index contributed by atoms with van der Waals surface area (Å²) in [5.74, 6) is 0. The fourth-order valence-electron chi connectivity index (χ4n) is 0.825. The number of rotatable bonds is 3. The van der Waals surface area contributed by atoms with Gasteiger partial charge in [-0.05, 0) is 35.1 Å². The second kappa shape index (κ2) is 4.09. The minimum atomic E-state index is 0.882. The zero-order chi connectivity index (χ0) is 8.27. The van der Waals surface area contributed by atoms with Crippen LogP contribution < -0.4 is 10.2 Å². The molecule has 0 atom stereocenters. The van der Waals surface area contributed by atoms with Gasteiger partial charge >= 0.3 is 0 Å². The first kappa shape index (κ1) is 9.03. The van der Waals surface area contributed by atoms with E-state index in [-0.39, 0.29) is 0 Å². The molecule has 11 heavy (non-hydrogen) atoms. The maximum absolute atomic E-state index is 3.42. The number of anilines is 1. The van der Waals surface area contributed by atoms with E-state index < -0.39 is 0 Å². The number of halogens is 1. The predicted molar refractivity (Wildman–Crippen MR) is 54.3 cm³/mol. The molecule has 1 heterocycles. The third-order valence-electron chi connectivity index (χ3n) is 1.33. The summed E-state index contributed by atoms with van der Waals surface area (Å²) >= 11 is 5.16. The van der Waals surface area contributed by atoms with Crippen LogP contribution in [0.1, 0.15) is 0 Å². The molecule has 0 radical (unpaired) electrons. The monoisotopic (exact) mass is 234 g/mol. The van der Waals surface area contributed by atoms with E-state index in [1.807, 2.05) is 7.05 Å². The van der Waals surface area contributed by atoms with Crippen LogP contribution in [0.5, 0.6) is 0 Å². The molecular formula is C7H11BrN2S. The van der Waals surface area contributed by atoms with Crippen LogP contribution >= 0.6 is 27.3 Å². The Morgan fingerprint density at radius 2 is 2.36 bits per heavy atom. The Balaban J connectivity index is 2.60. The predicted octanol–water partition coefficient (Wildman–Crippen LogP) is 2.12. The molecule has 62 valence electrons. The summed E-state index contributed by atoms with van der Waals surface area (Å²) in [6.07, 6.45) is 0. The average molecular weight is 235 g/mol. The molecule has 0 aliphatic rings. The summed E-state index contributed by atoms with van der Waals surface area (Å²) in [6, 6.07) is 4.16. The highest BCUT2D eigenvalue weighted by molar-refractivity contribution is 9.11. The van der Waals surface area contributed by atoms with E-state index >= 15 is 0 Å². The molecule has 0 unspecified atom stereocenters. The van der Waals surface area contributed by atoms with Gasteiger partial charge in [0.15, 0.2) is 0 Å². The topological polar surface area (TPSA) is 15.3 Å². The molecule has 1 rings (SSSR count). The van der Waals surface area contributed by atoms with Crippen molar-refractivity contribution < 1.29 is 0 Å². The molecule has 1 aromatic heterocycles. The highest BCUT2D eigenvalue weighted by Crippen LogP contribution is 2.28. The highest BCUT2D eigenvalue weighted by Gasteiger charge is 2.01. The number of nitrogens with one attached hydrogen (secondary N) is 1. The van der Waals surface area contributed by atoms with Crippen LogP contribution in [-0.4, -0.2) is 20.8 Å². The van der Waals surface area contributed by atoms with E-state index in [9.17, 15) is 0 Å². The van der Waals surface area contributed by atoms with Gasteiger partial charge in [-0.1, -0.05) is 0 Å². The minimum absolute atomic E-state index is 0.882. The van der Waals surface area contributed by atoms with Crippen molar-refractivity contribution in [2.24, 2.45) is 0 Å². The second-order valence-electron chi connectivity index (χ2n) is 2.29. The summed E-state index contributed by atoms with van der Waals surface area (Å²) in [5, 5.41) is 4.36. The Bertz CT molecular complexity index is 224. The maximum atomic E-state index is 3.42. The lowest BCUT2D eigenvalue weighted by Gasteiger charge is -2.15. The van der Waals surface area contributed by atoms with Crippen molar-refractivity contribution in [1.29, 1.82) is 0 Å². The van der Waals surface area contributed by atoms with Crippen LogP contribution in [0.25, 0.3) is 0 Å². The summed E-state index contributed by atoms with van der Waals surface area (Å²) in [4.78, 5) is 2.16. The molecule has 0 aliphatic heterocycles. The quantitative estimate of drug-likeness (QED) is 0.807. The molecule has 0 aliphatic carbocycles. The molecule has 1 aromatic rings. The van der Waals surface area contributed by atoms with Crippen LogP contribution in [0.2, 0.25) is 0 Å². The molecule has 0 amide bonds. The van der Waals surface area contributed by atoms with E-state index in [1.165, 1.54) is 8.79 Å². The van der Waals surface area contributed by atoms with Gasteiger partial charge in [0.25, 0.3) is 0 Å². The zero-order valence-corrected chi connectivity index (χ0v) is 9.00. The first-order valence-electron chi connectivity index (χ1n) is 3.35. The van der Waals surface area contributed by atoms with Gasteiger partial charge in [-0.25, -0.2) is 0 Å². The Morgan fingerprint density at radius 3 is 2.82 bits per heavy atom. The van der Waals surface area contributed by atoms with Gasteiger partial charge in [-0.3, -0.25) is 0 Å². The first-order chi connectivity index (χ1) is 5.24. The Kier molecular flexibility index (Phi) is 3.36. The molecule has 0 saturated carbocycles. The molecule has 0 aromatic carbocycles. The molecule has 0 fully saturated rings. The molecule has 2 nitrogen and oxygen atoms in total. The number of nitrogens with zero attached hydrogens (tertiary/aromatic N) is 1. The Hall–Kier alpha value is -0.0600. The van der Waals surface area contributed by atoms with Crippen LogP contribution in [-0.2, 0) is 0 Å². The van der Waals surface area contributed by atoms with E-state index in [4.69, 9.17) is 0 Å². The highest BCUT2D eigenvalue weighted by atomic mass is 79.9. The van der Waals surface area contributed by atoms with Crippen molar-refractivity contribution in [3.05, 3.63) is 15.9 Å². The molecule has 0 spiro atoms. The zero-order valence-electron chi connectivity index (χ0n) is 6.60. The Labute approximate surface area is 79.3 Å². The fraction of sp³-hybridized carbons (Fsp3) is 0.429. The van der Waals surface area contributed by atoms with Gasteiger partial charge in [0.2, 0.25) is 0 Å². The number of hydrogen-bond donors (Lipinski definition) is 1. The van der Waals surface area contributed by atoms with Crippen molar-refractivity contribution in [3.63, 3.8) is 0 Å². The summed E-state index contributed by atoms with van der Waals surface area (Å²) in [7, 11) is 4.01. The van der Waals surface area contributed by atoms with Crippen molar-refractivity contribution >= 4 is 32.3 Å². The molecule has 1 N–H and O–H groups in total. The summed E-state index contributed by atoms with van der Waals surface area (Å²) < 4.78 is 1.18. The lowest BCUT2D eigenvalue weighted by atomic mass is 10.6. The van der Waals surface area contributed by atoms with Crippen molar-refractivity contribution in [1.82, 2.24) is 5.32 Å². The van der Waals surface area contributed by atoms with Gasteiger partial charge < -0.3 is 10.2 Å². The Morgan fingerprint density at radius 1 is 1.64 bits per heavy atom. The van der Waals surface area contributed by atoms with Gasteiger partial charge in [0.1, 0.15) is 0 Å². The standard InChI is InChI=1S/C7H11BrN2S/c1-9-5-10(2)7-4-3-6(8)11-7/h3-4,9H,5H2,1-2H3. The van der Waals surface area contributed by atoms with Gasteiger partial charge in [-0.15, -0.1) is 11.3 Å². The largest absolute Gasteiger partial charge is 0.354 e. The minimum Gasteiger partial charge on any atom is -0.354 e. The van der Waals surface area contributed by atoms with Crippen molar-refractivity contribution in [3.8, 4) is 0 Å². The van der Waals surface area contributed by atoms with E-state index in [0.29, 0.717) is 0 Å². The molecule has 0 saturated heterocycles. The molecule has 0 bridgehead atoms. The number of hydrogen-bond acceptors (Lipinski definition) is 3. The van der Waals surface area contributed by atoms with Gasteiger partial charge in [-0.2, -0.15) is 0 Å². The first-order valence-corrected chi connectivity index (χ1v) is 4.96. The maximum Gasteiger partial charge on any atom is 0.0928 e. The van der Waals surface area contributed by atoms with Gasteiger partial charge in [0.05, 0.1) is 15.5 Å². The van der Waals surface area contributed by atoms with Gasteiger partial charge in [0, 0.05) is 7.05 Å². The van der Waals surface area contributed by atoms with Crippen molar-refractivity contribution in [2.45, 2.75) is 0 Å². The second-order valence-corrected chi connectivity index (χ2v) is 4.73. The molecular weight excluding hydrogens is 224 g/mol. The van der Waals surface area contributed by atoms with Crippen LogP contribution in [0.15, 0.2) is 15.9 Å². The van der Waals surface area contributed by atoms with Crippen LogP contribution in [0, 0.1) is 0 Å². The van der Waals surface area contributed by atoms with Crippen LogP contribution in [0.4, 0.5) is 5.00 Å². The fourth-order valence-corrected chi connectivity index (χ4v) is 2.15. The number of thiophene rings is 1. The lowest BCUT2D eigenvalue weighted by molar-refractivity contribution is 0.781. The third-order valence-corrected chi connectivity index (χ3v) is 3.07. The lowest BCUT2D eigenvalue weighted by Crippen LogP contribution is -2.27. The van der Waals surface area contributed by atoms with Crippen molar-refractivity contribution in [2.75, 3.05) is 25.7 Å². The smallest absolute Gasteiger partial charge is 0.0928 e. The van der Waals surface area contributed by atoms with E-state index in [1.54, 1.807) is 11.3 Å². The third kappa shape index (κ3) is 2.47. The average Bonchev–Trinajstić information content (AvgIpc) is 2.36.